The highest BCUT2D eigenvalue weighted by Gasteiger charge is 2.41. The van der Waals surface area contributed by atoms with Gasteiger partial charge in [0.25, 0.3) is 0 Å². The van der Waals surface area contributed by atoms with Gasteiger partial charge in [-0.2, -0.15) is 0 Å². The highest BCUT2D eigenvalue weighted by Crippen LogP contribution is 2.44. The van der Waals surface area contributed by atoms with Crippen molar-refractivity contribution in [1.29, 1.82) is 0 Å². The Kier molecular flexibility index (Phi) is 3.25. The largest absolute Gasteiger partial charge is 0.507 e. The van der Waals surface area contributed by atoms with E-state index < -0.39 is 5.60 Å². The number of benzene rings is 1. The fraction of sp³-hybridized carbons (Fsp3) is 0.571. The van der Waals surface area contributed by atoms with Crippen LogP contribution >= 0.6 is 15.9 Å². The first-order valence-electron chi connectivity index (χ1n) is 6.07. The van der Waals surface area contributed by atoms with Gasteiger partial charge in [-0.15, -0.1) is 0 Å². The van der Waals surface area contributed by atoms with E-state index in [2.05, 4.69) is 29.8 Å². The fourth-order valence-corrected chi connectivity index (χ4v) is 2.60. The Labute approximate surface area is 111 Å². The van der Waals surface area contributed by atoms with Crippen molar-refractivity contribution in [2.75, 3.05) is 0 Å². The lowest BCUT2D eigenvalue weighted by Gasteiger charge is -2.18. The summed E-state index contributed by atoms with van der Waals surface area (Å²) in [5.41, 5.74) is 2.30. The third-order valence-corrected chi connectivity index (χ3v) is 4.43. The maximum absolute atomic E-state index is 10.3. The van der Waals surface area contributed by atoms with Crippen LogP contribution in [0.3, 0.4) is 0 Å². The standard InChI is InChI=1S/C14H19BrO2/c1-8(2)10-6-12(15)9(3)11(13(10)16)7-14(17)4-5-14/h6,8,16-17H,4-5,7H2,1-3H3. The summed E-state index contributed by atoms with van der Waals surface area (Å²) in [7, 11) is 0. The molecule has 1 saturated carbocycles. The van der Waals surface area contributed by atoms with Gasteiger partial charge in [-0.05, 0) is 42.9 Å². The van der Waals surface area contributed by atoms with Crippen LogP contribution < -0.4 is 0 Å². The molecule has 2 nitrogen and oxygen atoms in total. The van der Waals surface area contributed by atoms with Gasteiger partial charge < -0.3 is 10.2 Å². The van der Waals surface area contributed by atoms with E-state index in [0.717, 1.165) is 34.0 Å². The molecular weight excluding hydrogens is 280 g/mol. The van der Waals surface area contributed by atoms with E-state index in [1.807, 2.05) is 13.0 Å². The second-order valence-electron chi connectivity index (χ2n) is 5.46. The Morgan fingerprint density at radius 2 is 2.00 bits per heavy atom. The zero-order chi connectivity index (χ0) is 12.8. The molecule has 0 heterocycles. The molecule has 1 aromatic carbocycles. The lowest BCUT2D eigenvalue weighted by atomic mass is 9.92. The van der Waals surface area contributed by atoms with Crippen molar-refractivity contribution in [3.05, 3.63) is 27.2 Å². The molecule has 0 unspecified atom stereocenters. The fourth-order valence-electron chi connectivity index (χ4n) is 2.12. The molecule has 1 aliphatic carbocycles. The van der Waals surface area contributed by atoms with Crippen molar-refractivity contribution in [2.24, 2.45) is 0 Å². The topological polar surface area (TPSA) is 40.5 Å². The maximum atomic E-state index is 10.3. The third-order valence-electron chi connectivity index (χ3n) is 3.61. The van der Waals surface area contributed by atoms with Gasteiger partial charge in [-0.1, -0.05) is 29.8 Å². The van der Waals surface area contributed by atoms with Gasteiger partial charge in [-0.25, -0.2) is 0 Å². The number of halogens is 1. The van der Waals surface area contributed by atoms with Gasteiger partial charge in [-0.3, -0.25) is 0 Å². The number of hydrogen-bond donors (Lipinski definition) is 2. The minimum atomic E-state index is -0.572. The molecule has 0 aliphatic heterocycles. The SMILES string of the molecule is Cc1c(Br)cc(C(C)C)c(O)c1CC1(O)CC1. The Morgan fingerprint density at radius 1 is 1.41 bits per heavy atom. The minimum absolute atomic E-state index is 0.277. The van der Waals surface area contributed by atoms with Crippen molar-refractivity contribution in [2.45, 2.75) is 51.6 Å². The van der Waals surface area contributed by atoms with E-state index in [9.17, 15) is 10.2 Å². The molecule has 3 heteroatoms. The highest BCUT2D eigenvalue weighted by atomic mass is 79.9. The first kappa shape index (κ1) is 12.9. The van der Waals surface area contributed by atoms with Crippen LogP contribution in [0.2, 0.25) is 0 Å². The second kappa shape index (κ2) is 4.29. The minimum Gasteiger partial charge on any atom is -0.507 e. The van der Waals surface area contributed by atoms with E-state index in [-0.39, 0.29) is 5.92 Å². The van der Waals surface area contributed by atoms with Crippen LogP contribution in [0.15, 0.2) is 10.5 Å². The highest BCUT2D eigenvalue weighted by molar-refractivity contribution is 9.10. The van der Waals surface area contributed by atoms with Crippen LogP contribution in [-0.4, -0.2) is 15.8 Å². The molecule has 1 aliphatic rings. The summed E-state index contributed by atoms with van der Waals surface area (Å²) in [5, 5.41) is 20.3. The number of rotatable bonds is 3. The number of phenols is 1. The summed E-state index contributed by atoms with van der Waals surface area (Å²) in [4.78, 5) is 0. The molecule has 2 N–H and O–H groups in total. The average molecular weight is 299 g/mol. The van der Waals surface area contributed by atoms with Crippen molar-refractivity contribution in [3.8, 4) is 5.75 Å². The van der Waals surface area contributed by atoms with E-state index in [4.69, 9.17) is 0 Å². The van der Waals surface area contributed by atoms with Gasteiger partial charge >= 0.3 is 0 Å². The number of aliphatic hydroxyl groups is 1. The van der Waals surface area contributed by atoms with Gasteiger partial charge in [0.1, 0.15) is 5.75 Å². The average Bonchev–Trinajstić information content (AvgIpc) is 2.97. The molecule has 0 spiro atoms. The van der Waals surface area contributed by atoms with E-state index >= 15 is 0 Å². The Morgan fingerprint density at radius 3 is 2.47 bits per heavy atom. The van der Waals surface area contributed by atoms with Crippen molar-refractivity contribution < 1.29 is 10.2 Å². The van der Waals surface area contributed by atoms with Crippen molar-refractivity contribution >= 4 is 15.9 Å². The molecule has 94 valence electrons. The first-order chi connectivity index (χ1) is 7.84. The van der Waals surface area contributed by atoms with E-state index in [1.165, 1.54) is 0 Å². The second-order valence-corrected chi connectivity index (χ2v) is 6.31. The normalized spacial score (nSPS) is 17.5. The number of aromatic hydroxyl groups is 1. The molecule has 2 rings (SSSR count). The Bertz CT molecular complexity index is 448. The van der Waals surface area contributed by atoms with Gasteiger partial charge in [0.2, 0.25) is 0 Å². The van der Waals surface area contributed by atoms with Gasteiger partial charge in [0, 0.05) is 16.5 Å². The van der Waals surface area contributed by atoms with Crippen molar-refractivity contribution in [3.63, 3.8) is 0 Å². The summed E-state index contributed by atoms with van der Waals surface area (Å²) >= 11 is 3.53. The summed E-state index contributed by atoms with van der Waals surface area (Å²) in [5.74, 6) is 0.639. The third kappa shape index (κ3) is 2.50. The number of hydrogen-bond acceptors (Lipinski definition) is 2. The van der Waals surface area contributed by atoms with E-state index in [0.29, 0.717) is 12.2 Å². The van der Waals surface area contributed by atoms with Crippen LogP contribution in [-0.2, 0) is 6.42 Å². The molecule has 0 aromatic heterocycles. The molecule has 0 radical (unpaired) electrons. The smallest absolute Gasteiger partial charge is 0.122 e. The van der Waals surface area contributed by atoms with Gasteiger partial charge in [0.05, 0.1) is 5.60 Å². The molecule has 1 fully saturated rings. The summed E-state index contributed by atoms with van der Waals surface area (Å²) < 4.78 is 1.01. The lowest BCUT2D eigenvalue weighted by Crippen LogP contribution is -2.13. The van der Waals surface area contributed by atoms with Gasteiger partial charge in [0.15, 0.2) is 0 Å². The zero-order valence-electron chi connectivity index (χ0n) is 10.5. The molecule has 17 heavy (non-hydrogen) atoms. The Balaban J connectivity index is 2.48. The zero-order valence-corrected chi connectivity index (χ0v) is 12.1. The number of phenolic OH excluding ortho intramolecular Hbond substituents is 1. The maximum Gasteiger partial charge on any atom is 0.122 e. The molecule has 0 atom stereocenters. The monoisotopic (exact) mass is 298 g/mol. The lowest BCUT2D eigenvalue weighted by molar-refractivity contribution is 0.149. The van der Waals surface area contributed by atoms with Crippen molar-refractivity contribution in [1.82, 2.24) is 0 Å². The van der Waals surface area contributed by atoms with Crippen LogP contribution in [0.25, 0.3) is 0 Å². The summed E-state index contributed by atoms with van der Waals surface area (Å²) in [6.45, 7) is 6.11. The quantitative estimate of drug-likeness (QED) is 0.894. The molecule has 1 aromatic rings. The van der Waals surface area contributed by atoms with Crippen LogP contribution in [0.4, 0.5) is 0 Å². The van der Waals surface area contributed by atoms with Crippen LogP contribution in [0.1, 0.15) is 49.3 Å². The molecular formula is C14H19BrO2. The predicted octanol–water partition coefficient (Wildman–Crippen LogP) is 3.65. The van der Waals surface area contributed by atoms with E-state index in [1.54, 1.807) is 0 Å². The Hall–Kier alpha value is -0.540. The molecule has 0 saturated heterocycles. The summed E-state index contributed by atoms with van der Waals surface area (Å²) in [6.07, 6.45) is 2.24. The van der Waals surface area contributed by atoms with Crippen LogP contribution in [0.5, 0.6) is 5.75 Å². The van der Waals surface area contributed by atoms with Crippen LogP contribution in [0, 0.1) is 6.92 Å². The molecule has 0 amide bonds. The summed E-state index contributed by atoms with van der Waals surface area (Å²) in [6, 6.07) is 1.98. The first-order valence-corrected chi connectivity index (χ1v) is 6.86. The predicted molar refractivity (Wildman–Crippen MR) is 72.5 cm³/mol. The molecule has 0 bridgehead atoms.